The zero-order valence-corrected chi connectivity index (χ0v) is 8.20. The fourth-order valence-corrected chi connectivity index (χ4v) is 1.09. The third kappa shape index (κ3) is 2.20. The van der Waals surface area contributed by atoms with E-state index in [1.807, 2.05) is 0 Å². The maximum atomic E-state index is 2.70. The fourth-order valence-electron chi connectivity index (χ4n) is 0.919. The van der Waals surface area contributed by atoms with E-state index in [9.17, 15) is 0 Å². The maximum Gasteiger partial charge on any atom is 0.0394 e. The van der Waals surface area contributed by atoms with Gasteiger partial charge in [0.15, 0.2) is 0 Å². The molecule has 0 aromatic heterocycles. The summed E-state index contributed by atoms with van der Waals surface area (Å²) in [7, 11) is 2.70. The van der Waals surface area contributed by atoms with Crippen LogP contribution in [0.1, 0.15) is 12.5 Å². The van der Waals surface area contributed by atoms with Crippen LogP contribution in [0.25, 0.3) is 0 Å². The van der Waals surface area contributed by atoms with E-state index in [0.29, 0.717) is 0 Å². The van der Waals surface area contributed by atoms with E-state index in [1.54, 1.807) is 0 Å². The third-order valence-electron chi connectivity index (χ3n) is 1.71. The summed E-state index contributed by atoms with van der Waals surface area (Å²) >= 11 is 0. The molecule has 0 fully saturated rings. The lowest BCUT2D eigenvalue weighted by Gasteiger charge is -2.15. The number of benzene rings is 1. The van der Waals surface area contributed by atoms with Gasteiger partial charge < -0.3 is 4.67 Å². The number of hydrogen-bond acceptors (Lipinski definition) is 1. The first-order valence-corrected chi connectivity index (χ1v) is 4.34. The summed E-state index contributed by atoms with van der Waals surface area (Å²) in [5.41, 5.74) is 2.56. The summed E-state index contributed by atoms with van der Waals surface area (Å²) in [6.45, 7) is 5.25. The summed E-state index contributed by atoms with van der Waals surface area (Å²) in [6.07, 6.45) is 0. The number of rotatable bonds is 2. The van der Waals surface area contributed by atoms with Crippen LogP contribution in [0, 0.1) is 6.92 Å². The summed E-state index contributed by atoms with van der Waals surface area (Å²) in [4.78, 5) is 0. The van der Waals surface area contributed by atoms with Gasteiger partial charge in [0, 0.05) is 12.2 Å². The van der Waals surface area contributed by atoms with Crippen LogP contribution in [0.3, 0.4) is 0 Å². The van der Waals surface area contributed by atoms with Crippen LogP contribution in [-0.4, -0.2) is 6.54 Å². The van der Waals surface area contributed by atoms with Crippen molar-refractivity contribution >= 4 is 15.1 Å². The Bertz CT molecular complexity index is 218. The van der Waals surface area contributed by atoms with Crippen molar-refractivity contribution in [2.75, 3.05) is 11.2 Å². The van der Waals surface area contributed by atoms with Crippen LogP contribution in [0.4, 0.5) is 5.69 Å². The molecule has 0 aliphatic heterocycles. The van der Waals surface area contributed by atoms with Crippen molar-refractivity contribution in [1.29, 1.82) is 0 Å². The third-order valence-corrected chi connectivity index (χ3v) is 2.37. The van der Waals surface area contributed by atoms with Gasteiger partial charge >= 0.3 is 0 Å². The van der Waals surface area contributed by atoms with E-state index in [0.717, 1.165) is 6.54 Å². The van der Waals surface area contributed by atoms with E-state index in [4.69, 9.17) is 0 Å². The highest BCUT2D eigenvalue weighted by atomic mass is 31.0. The molecule has 0 aliphatic rings. The zero-order valence-electron chi connectivity index (χ0n) is 7.04. The highest BCUT2D eigenvalue weighted by Crippen LogP contribution is 2.17. The lowest BCUT2D eigenvalue weighted by atomic mass is 10.2. The SMILES string of the molecule is CCN(P)c1ccc(C)cc1. The molecule has 0 saturated carbocycles. The van der Waals surface area contributed by atoms with E-state index in [2.05, 4.69) is 52.2 Å². The highest BCUT2D eigenvalue weighted by molar-refractivity contribution is 7.19. The predicted octanol–water partition coefficient (Wildman–Crippen LogP) is 2.61. The molecule has 0 radical (unpaired) electrons. The van der Waals surface area contributed by atoms with Gasteiger partial charge in [-0.3, -0.25) is 0 Å². The van der Waals surface area contributed by atoms with Crippen LogP contribution >= 0.6 is 9.39 Å². The quantitative estimate of drug-likeness (QED) is 0.612. The standard InChI is InChI=1S/C9H14NP/c1-3-10(11)9-6-4-8(2)5-7-9/h4-7H,3,11H2,1-2H3. The van der Waals surface area contributed by atoms with Crippen molar-refractivity contribution in [3.8, 4) is 0 Å². The molecular formula is C9H14NP. The van der Waals surface area contributed by atoms with Gasteiger partial charge in [0.25, 0.3) is 0 Å². The summed E-state index contributed by atoms with van der Waals surface area (Å²) in [5.74, 6) is 0. The molecule has 1 aromatic rings. The normalized spacial score (nSPS) is 9.73. The second kappa shape index (κ2) is 3.73. The van der Waals surface area contributed by atoms with E-state index in [1.165, 1.54) is 11.3 Å². The maximum absolute atomic E-state index is 2.70. The first kappa shape index (κ1) is 8.55. The number of aryl methyl sites for hydroxylation is 1. The Morgan fingerprint density at radius 2 is 1.82 bits per heavy atom. The lowest BCUT2D eigenvalue weighted by molar-refractivity contribution is 1.11. The van der Waals surface area contributed by atoms with Gasteiger partial charge in [-0.25, -0.2) is 0 Å². The van der Waals surface area contributed by atoms with Crippen molar-refractivity contribution < 1.29 is 0 Å². The van der Waals surface area contributed by atoms with Crippen molar-refractivity contribution in [3.05, 3.63) is 29.8 Å². The molecule has 1 atom stereocenters. The summed E-state index contributed by atoms with van der Waals surface area (Å²) in [6, 6.07) is 8.52. The zero-order chi connectivity index (χ0) is 8.27. The molecular weight excluding hydrogens is 153 g/mol. The van der Waals surface area contributed by atoms with Crippen LogP contribution < -0.4 is 4.67 Å². The highest BCUT2D eigenvalue weighted by Gasteiger charge is 1.94. The molecule has 0 bridgehead atoms. The smallest absolute Gasteiger partial charge is 0.0394 e. The Hall–Kier alpha value is -0.550. The molecule has 0 amide bonds. The van der Waals surface area contributed by atoms with Crippen molar-refractivity contribution in [3.63, 3.8) is 0 Å². The molecule has 0 spiro atoms. The molecule has 0 aliphatic carbocycles. The molecule has 0 N–H and O–H groups in total. The minimum atomic E-state index is 1.02. The van der Waals surface area contributed by atoms with Crippen LogP contribution in [0.2, 0.25) is 0 Å². The molecule has 0 heterocycles. The monoisotopic (exact) mass is 167 g/mol. The van der Waals surface area contributed by atoms with E-state index in [-0.39, 0.29) is 0 Å². The molecule has 1 nitrogen and oxygen atoms in total. The molecule has 1 unspecified atom stereocenters. The lowest BCUT2D eigenvalue weighted by Crippen LogP contribution is -2.06. The Morgan fingerprint density at radius 3 is 2.27 bits per heavy atom. The van der Waals surface area contributed by atoms with Crippen molar-refractivity contribution in [1.82, 2.24) is 0 Å². The molecule has 11 heavy (non-hydrogen) atoms. The topological polar surface area (TPSA) is 3.24 Å². The molecule has 1 rings (SSSR count). The van der Waals surface area contributed by atoms with Gasteiger partial charge in [0.1, 0.15) is 0 Å². The van der Waals surface area contributed by atoms with Crippen molar-refractivity contribution in [2.45, 2.75) is 13.8 Å². The Labute approximate surface area is 70.7 Å². The second-order valence-electron chi connectivity index (χ2n) is 2.62. The molecule has 2 heteroatoms. The number of anilines is 1. The second-order valence-corrected chi connectivity index (χ2v) is 3.24. The van der Waals surface area contributed by atoms with Gasteiger partial charge in [-0.2, -0.15) is 0 Å². The Morgan fingerprint density at radius 1 is 1.27 bits per heavy atom. The molecule has 60 valence electrons. The van der Waals surface area contributed by atoms with Crippen LogP contribution in [0.5, 0.6) is 0 Å². The van der Waals surface area contributed by atoms with Gasteiger partial charge in [-0.1, -0.05) is 17.7 Å². The van der Waals surface area contributed by atoms with Gasteiger partial charge in [-0.05, 0) is 35.4 Å². The summed E-state index contributed by atoms with van der Waals surface area (Å²) in [5, 5.41) is 0. The molecule has 1 aromatic carbocycles. The Balaban J connectivity index is 2.81. The van der Waals surface area contributed by atoms with Crippen molar-refractivity contribution in [2.24, 2.45) is 0 Å². The van der Waals surface area contributed by atoms with E-state index >= 15 is 0 Å². The predicted molar refractivity (Wildman–Crippen MR) is 53.9 cm³/mol. The largest absolute Gasteiger partial charge is 0.356 e. The Kier molecular flexibility index (Phi) is 2.90. The minimum Gasteiger partial charge on any atom is -0.356 e. The average molecular weight is 167 g/mol. The average Bonchev–Trinajstić information content (AvgIpc) is 2.05. The van der Waals surface area contributed by atoms with Gasteiger partial charge in [-0.15, -0.1) is 0 Å². The van der Waals surface area contributed by atoms with Crippen LogP contribution in [0.15, 0.2) is 24.3 Å². The molecule has 0 saturated heterocycles. The van der Waals surface area contributed by atoms with Crippen LogP contribution in [-0.2, 0) is 0 Å². The number of nitrogens with zero attached hydrogens (tertiary/aromatic N) is 1. The first-order valence-electron chi connectivity index (χ1n) is 3.83. The minimum absolute atomic E-state index is 1.02. The first-order chi connectivity index (χ1) is 5.24. The number of hydrogen-bond donors (Lipinski definition) is 0. The van der Waals surface area contributed by atoms with Gasteiger partial charge in [0.2, 0.25) is 0 Å². The van der Waals surface area contributed by atoms with Gasteiger partial charge in [0.05, 0.1) is 0 Å². The summed E-state index contributed by atoms with van der Waals surface area (Å²) < 4.78 is 2.14. The van der Waals surface area contributed by atoms with E-state index < -0.39 is 0 Å². The fraction of sp³-hybridized carbons (Fsp3) is 0.333.